The summed E-state index contributed by atoms with van der Waals surface area (Å²) in [7, 11) is 0. The van der Waals surface area contributed by atoms with E-state index in [9.17, 15) is 0 Å². The molecule has 0 unspecified atom stereocenters. The lowest BCUT2D eigenvalue weighted by atomic mass is 10.1. The Labute approximate surface area is 100 Å². The summed E-state index contributed by atoms with van der Waals surface area (Å²) in [4.78, 5) is 0. The second-order valence-electron chi connectivity index (χ2n) is 3.75. The van der Waals surface area contributed by atoms with Gasteiger partial charge in [0.05, 0.1) is 11.3 Å². The van der Waals surface area contributed by atoms with Crippen LogP contribution in [0.25, 0.3) is 0 Å². The van der Waals surface area contributed by atoms with Crippen molar-refractivity contribution in [2.45, 2.75) is 6.92 Å². The molecule has 2 aromatic carbocycles. The van der Waals surface area contributed by atoms with E-state index in [2.05, 4.69) is 6.07 Å². The molecule has 0 fully saturated rings. The van der Waals surface area contributed by atoms with Gasteiger partial charge in [0.1, 0.15) is 17.6 Å². The summed E-state index contributed by atoms with van der Waals surface area (Å²) in [6.07, 6.45) is 0. The average molecular weight is 224 g/mol. The number of rotatable bonds is 2. The molecule has 0 aliphatic carbocycles. The van der Waals surface area contributed by atoms with Crippen LogP contribution in [0.3, 0.4) is 0 Å². The van der Waals surface area contributed by atoms with Crippen molar-refractivity contribution in [3.63, 3.8) is 0 Å². The number of nitrogen functional groups attached to an aromatic ring is 1. The number of nitrogens with two attached hydrogens (primary N) is 1. The van der Waals surface area contributed by atoms with Gasteiger partial charge in [0.2, 0.25) is 0 Å². The molecule has 0 heterocycles. The highest BCUT2D eigenvalue weighted by molar-refractivity contribution is 5.55. The quantitative estimate of drug-likeness (QED) is 0.796. The first-order chi connectivity index (χ1) is 8.20. The maximum Gasteiger partial charge on any atom is 0.150 e. The Balaban J connectivity index is 2.40. The summed E-state index contributed by atoms with van der Waals surface area (Å²) < 4.78 is 5.66. The topological polar surface area (TPSA) is 59.0 Å². The molecule has 2 aromatic rings. The van der Waals surface area contributed by atoms with Crippen molar-refractivity contribution in [1.29, 1.82) is 5.26 Å². The highest BCUT2D eigenvalue weighted by Crippen LogP contribution is 2.29. The molecule has 0 bridgehead atoms. The molecule has 0 aromatic heterocycles. The fourth-order valence-corrected chi connectivity index (χ4v) is 1.50. The molecule has 0 spiro atoms. The fourth-order valence-electron chi connectivity index (χ4n) is 1.50. The molecule has 0 amide bonds. The second-order valence-corrected chi connectivity index (χ2v) is 3.75. The molecule has 2 rings (SSSR count). The van der Waals surface area contributed by atoms with Crippen molar-refractivity contribution in [3.8, 4) is 17.6 Å². The van der Waals surface area contributed by atoms with Crippen molar-refractivity contribution in [2.75, 3.05) is 5.73 Å². The van der Waals surface area contributed by atoms with E-state index < -0.39 is 0 Å². The molecule has 0 aliphatic heterocycles. The maximum absolute atomic E-state index is 9.00. The Morgan fingerprint density at radius 3 is 2.59 bits per heavy atom. The Morgan fingerprint density at radius 1 is 1.12 bits per heavy atom. The minimum absolute atomic E-state index is 0.499. The SMILES string of the molecule is Cc1ccc(C#N)c(Oc2ccccc2N)c1. The van der Waals surface area contributed by atoms with Gasteiger partial charge in [0.15, 0.2) is 0 Å². The lowest BCUT2D eigenvalue weighted by Gasteiger charge is -2.09. The number of para-hydroxylation sites is 2. The molecule has 3 heteroatoms. The van der Waals surface area contributed by atoms with Gasteiger partial charge >= 0.3 is 0 Å². The zero-order valence-electron chi connectivity index (χ0n) is 9.47. The van der Waals surface area contributed by atoms with Crippen LogP contribution in [0.2, 0.25) is 0 Å². The van der Waals surface area contributed by atoms with Crippen LogP contribution in [-0.2, 0) is 0 Å². The van der Waals surface area contributed by atoms with Crippen LogP contribution in [0, 0.1) is 18.3 Å². The first-order valence-electron chi connectivity index (χ1n) is 5.24. The van der Waals surface area contributed by atoms with Gasteiger partial charge in [-0.2, -0.15) is 5.26 Å². The van der Waals surface area contributed by atoms with Gasteiger partial charge in [-0.15, -0.1) is 0 Å². The van der Waals surface area contributed by atoms with E-state index >= 15 is 0 Å². The summed E-state index contributed by atoms with van der Waals surface area (Å²) in [6.45, 7) is 1.95. The van der Waals surface area contributed by atoms with Crippen molar-refractivity contribution in [3.05, 3.63) is 53.6 Å². The van der Waals surface area contributed by atoms with Gasteiger partial charge < -0.3 is 10.5 Å². The van der Waals surface area contributed by atoms with Gasteiger partial charge in [0, 0.05) is 0 Å². The molecule has 3 nitrogen and oxygen atoms in total. The minimum atomic E-state index is 0.499. The molecular formula is C14H12N2O. The van der Waals surface area contributed by atoms with Crippen LogP contribution in [-0.4, -0.2) is 0 Å². The van der Waals surface area contributed by atoms with Crippen molar-refractivity contribution in [2.24, 2.45) is 0 Å². The molecule has 0 saturated heterocycles. The summed E-state index contributed by atoms with van der Waals surface area (Å²) in [5.41, 5.74) is 7.88. The number of aryl methyl sites for hydroxylation is 1. The molecule has 84 valence electrons. The van der Waals surface area contributed by atoms with Crippen LogP contribution in [0.15, 0.2) is 42.5 Å². The lowest BCUT2D eigenvalue weighted by Crippen LogP contribution is -1.93. The standard InChI is InChI=1S/C14H12N2O/c1-10-6-7-11(9-15)14(8-10)17-13-5-3-2-4-12(13)16/h2-8H,16H2,1H3. The summed E-state index contributed by atoms with van der Waals surface area (Å²) in [6, 6.07) is 14.8. The van der Waals surface area contributed by atoms with Gasteiger partial charge in [-0.05, 0) is 36.8 Å². The predicted octanol–water partition coefficient (Wildman–Crippen LogP) is 3.24. The molecule has 0 atom stereocenters. The first-order valence-corrected chi connectivity index (χ1v) is 5.24. The number of hydrogen-bond donors (Lipinski definition) is 1. The minimum Gasteiger partial charge on any atom is -0.454 e. The third-order valence-electron chi connectivity index (χ3n) is 2.40. The largest absolute Gasteiger partial charge is 0.454 e. The van der Waals surface area contributed by atoms with Gasteiger partial charge in [0.25, 0.3) is 0 Å². The number of anilines is 1. The summed E-state index contributed by atoms with van der Waals surface area (Å²) in [5.74, 6) is 1.10. The molecule has 0 saturated carbocycles. The highest BCUT2D eigenvalue weighted by Gasteiger charge is 2.06. The Morgan fingerprint density at radius 2 is 1.88 bits per heavy atom. The maximum atomic E-state index is 9.00. The molecule has 0 aliphatic rings. The monoisotopic (exact) mass is 224 g/mol. The Kier molecular flexibility index (Phi) is 2.97. The zero-order chi connectivity index (χ0) is 12.3. The average Bonchev–Trinajstić information content (AvgIpc) is 2.32. The van der Waals surface area contributed by atoms with E-state index in [1.165, 1.54) is 0 Å². The zero-order valence-corrected chi connectivity index (χ0v) is 9.47. The summed E-state index contributed by atoms with van der Waals surface area (Å²) >= 11 is 0. The Bertz CT molecular complexity index is 585. The van der Waals surface area contributed by atoms with Gasteiger partial charge in [-0.1, -0.05) is 18.2 Å². The van der Waals surface area contributed by atoms with Crippen LogP contribution in [0.5, 0.6) is 11.5 Å². The number of benzene rings is 2. The fraction of sp³-hybridized carbons (Fsp3) is 0.0714. The Hall–Kier alpha value is -2.47. The van der Waals surface area contributed by atoms with Crippen LogP contribution in [0.4, 0.5) is 5.69 Å². The normalized spacial score (nSPS) is 9.65. The van der Waals surface area contributed by atoms with Crippen molar-refractivity contribution >= 4 is 5.69 Å². The molecular weight excluding hydrogens is 212 g/mol. The van der Waals surface area contributed by atoms with Crippen molar-refractivity contribution < 1.29 is 4.74 Å². The number of ether oxygens (including phenoxy) is 1. The number of nitriles is 1. The molecule has 2 N–H and O–H groups in total. The lowest BCUT2D eigenvalue weighted by molar-refractivity contribution is 0.483. The summed E-state index contributed by atoms with van der Waals surface area (Å²) in [5, 5.41) is 9.00. The first kappa shape index (κ1) is 11.0. The van der Waals surface area contributed by atoms with Gasteiger partial charge in [-0.3, -0.25) is 0 Å². The van der Waals surface area contributed by atoms with E-state index in [1.54, 1.807) is 18.2 Å². The van der Waals surface area contributed by atoms with E-state index in [1.807, 2.05) is 31.2 Å². The smallest absolute Gasteiger partial charge is 0.150 e. The third kappa shape index (κ3) is 2.37. The van der Waals surface area contributed by atoms with E-state index in [0.717, 1.165) is 5.56 Å². The highest BCUT2D eigenvalue weighted by atomic mass is 16.5. The molecule has 17 heavy (non-hydrogen) atoms. The predicted molar refractivity (Wildman–Crippen MR) is 66.8 cm³/mol. The number of nitrogens with zero attached hydrogens (tertiary/aromatic N) is 1. The van der Waals surface area contributed by atoms with E-state index in [0.29, 0.717) is 22.7 Å². The van der Waals surface area contributed by atoms with Crippen LogP contribution < -0.4 is 10.5 Å². The third-order valence-corrected chi connectivity index (χ3v) is 2.40. The van der Waals surface area contributed by atoms with Gasteiger partial charge in [-0.25, -0.2) is 0 Å². The van der Waals surface area contributed by atoms with Crippen LogP contribution >= 0.6 is 0 Å². The van der Waals surface area contributed by atoms with E-state index in [-0.39, 0.29) is 0 Å². The second kappa shape index (κ2) is 4.58. The van der Waals surface area contributed by atoms with Crippen LogP contribution in [0.1, 0.15) is 11.1 Å². The molecule has 0 radical (unpaired) electrons. The number of hydrogen-bond acceptors (Lipinski definition) is 3. The van der Waals surface area contributed by atoms with Crippen molar-refractivity contribution in [1.82, 2.24) is 0 Å². The van der Waals surface area contributed by atoms with E-state index in [4.69, 9.17) is 15.7 Å².